The maximum atomic E-state index is 13.5. The first-order valence-corrected chi connectivity index (χ1v) is 12.5. The van der Waals surface area contributed by atoms with Crippen molar-refractivity contribution in [2.24, 2.45) is 0 Å². The van der Waals surface area contributed by atoms with E-state index in [9.17, 15) is 4.79 Å². The summed E-state index contributed by atoms with van der Waals surface area (Å²) in [5.41, 5.74) is 4.96. The third kappa shape index (κ3) is 5.07. The minimum Gasteiger partial charge on any atom is -0.497 e. The predicted octanol–water partition coefficient (Wildman–Crippen LogP) is 2.70. The van der Waals surface area contributed by atoms with Gasteiger partial charge in [0.1, 0.15) is 11.8 Å². The van der Waals surface area contributed by atoms with Gasteiger partial charge in [-0.1, -0.05) is 12.1 Å². The van der Waals surface area contributed by atoms with E-state index in [2.05, 4.69) is 62.4 Å². The van der Waals surface area contributed by atoms with Crippen molar-refractivity contribution in [2.45, 2.75) is 26.4 Å². The zero-order valence-corrected chi connectivity index (χ0v) is 21.8. The lowest BCUT2D eigenvalue weighted by atomic mass is 10.0. The van der Waals surface area contributed by atoms with Crippen LogP contribution < -0.4 is 15.2 Å². The summed E-state index contributed by atoms with van der Waals surface area (Å²) in [6, 6.07) is 13.8. The van der Waals surface area contributed by atoms with Crippen LogP contribution in [0.3, 0.4) is 0 Å². The molecule has 37 heavy (non-hydrogen) atoms. The van der Waals surface area contributed by atoms with Gasteiger partial charge >= 0.3 is 0 Å². The number of piperazine rings is 1. The topological polar surface area (TPSA) is 101 Å². The summed E-state index contributed by atoms with van der Waals surface area (Å²) in [4.78, 5) is 21.2. The van der Waals surface area contributed by atoms with E-state index in [-0.39, 0.29) is 5.56 Å². The number of tetrazole rings is 1. The normalized spacial score (nSPS) is 15.3. The Morgan fingerprint density at radius 3 is 2.59 bits per heavy atom. The van der Waals surface area contributed by atoms with Crippen molar-refractivity contribution in [3.63, 3.8) is 0 Å². The number of hydrogen-bond acceptors (Lipinski definition) is 8. The molecule has 5 rings (SSSR count). The second-order valence-corrected chi connectivity index (χ2v) is 9.48. The van der Waals surface area contributed by atoms with E-state index in [0.717, 1.165) is 37.1 Å². The number of rotatable bonds is 8. The molecule has 0 amide bonds. The molecule has 10 heteroatoms. The van der Waals surface area contributed by atoms with Gasteiger partial charge in [0, 0.05) is 50.6 Å². The molecular weight excluding hydrogens is 470 g/mol. The Bertz CT molecular complexity index is 1440. The third-order valence-corrected chi connectivity index (χ3v) is 7.07. The van der Waals surface area contributed by atoms with Crippen LogP contribution in [0.5, 0.6) is 5.75 Å². The van der Waals surface area contributed by atoms with Gasteiger partial charge in [0.05, 0.1) is 25.8 Å². The number of aromatic amines is 1. The van der Waals surface area contributed by atoms with Crippen molar-refractivity contribution in [1.82, 2.24) is 30.1 Å². The number of hydrogen-bond donors (Lipinski definition) is 1. The van der Waals surface area contributed by atoms with Gasteiger partial charge in [-0.2, -0.15) is 0 Å². The Morgan fingerprint density at radius 2 is 1.84 bits per heavy atom. The number of pyridine rings is 1. The summed E-state index contributed by atoms with van der Waals surface area (Å²) in [5.74, 6) is 1.33. The maximum absolute atomic E-state index is 13.5. The van der Waals surface area contributed by atoms with Gasteiger partial charge in [-0.3, -0.25) is 9.69 Å². The van der Waals surface area contributed by atoms with Gasteiger partial charge in [-0.05, 0) is 65.1 Å². The highest BCUT2D eigenvalue weighted by Gasteiger charge is 2.33. The molecule has 10 nitrogen and oxygen atoms in total. The first-order valence-electron chi connectivity index (χ1n) is 12.5. The van der Waals surface area contributed by atoms with Crippen molar-refractivity contribution in [3.05, 3.63) is 75.3 Å². The fourth-order valence-corrected chi connectivity index (χ4v) is 5.05. The molecule has 0 saturated carbocycles. The first kappa shape index (κ1) is 24.9. The van der Waals surface area contributed by atoms with Crippen molar-refractivity contribution in [1.29, 1.82) is 0 Å². The Morgan fingerprint density at radius 1 is 1.03 bits per heavy atom. The van der Waals surface area contributed by atoms with Gasteiger partial charge in [0.25, 0.3) is 5.56 Å². The maximum Gasteiger partial charge on any atom is 0.253 e. The zero-order chi connectivity index (χ0) is 25.9. The smallest absolute Gasteiger partial charge is 0.253 e. The van der Waals surface area contributed by atoms with Gasteiger partial charge in [-0.15, -0.1) is 5.10 Å². The summed E-state index contributed by atoms with van der Waals surface area (Å²) in [6.07, 6.45) is 0. The lowest BCUT2D eigenvalue weighted by molar-refractivity contribution is 0.171. The summed E-state index contributed by atoms with van der Waals surface area (Å²) >= 11 is 0. The van der Waals surface area contributed by atoms with E-state index in [1.807, 2.05) is 24.3 Å². The highest BCUT2D eigenvalue weighted by Crippen LogP contribution is 2.30. The highest BCUT2D eigenvalue weighted by molar-refractivity contribution is 5.80. The SMILES string of the molecule is COCCn1nnnc1[C@H](c1cc2ccc(OC)cc2[nH]c1=O)N1CCN(c2cc(C)ccc2C)CC1. The second-order valence-electron chi connectivity index (χ2n) is 9.48. The van der Waals surface area contributed by atoms with E-state index in [1.165, 1.54) is 16.8 Å². The van der Waals surface area contributed by atoms with Crippen LogP contribution in [0, 0.1) is 13.8 Å². The number of nitrogens with one attached hydrogen (secondary N) is 1. The van der Waals surface area contributed by atoms with Crippen LogP contribution in [0.4, 0.5) is 5.69 Å². The molecule has 0 aliphatic carbocycles. The number of aromatic nitrogens is 5. The Balaban J connectivity index is 1.52. The lowest BCUT2D eigenvalue weighted by Gasteiger charge is -2.40. The molecule has 1 saturated heterocycles. The molecule has 0 bridgehead atoms. The average Bonchev–Trinajstić information content (AvgIpc) is 3.37. The molecule has 1 atom stereocenters. The lowest BCUT2D eigenvalue weighted by Crippen LogP contribution is -2.49. The fourth-order valence-electron chi connectivity index (χ4n) is 5.05. The fraction of sp³-hybridized carbons (Fsp3) is 0.407. The van der Waals surface area contributed by atoms with Gasteiger partial charge in [0.15, 0.2) is 5.82 Å². The van der Waals surface area contributed by atoms with E-state index >= 15 is 0 Å². The number of H-pyrrole nitrogens is 1. The number of nitrogens with zero attached hydrogens (tertiary/aromatic N) is 6. The molecule has 0 radical (unpaired) electrons. The van der Waals surface area contributed by atoms with E-state index in [1.54, 1.807) is 18.9 Å². The van der Waals surface area contributed by atoms with E-state index < -0.39 is 6.04 Å². The molecule has 2 aromatic heterocycles. The monoisotopic (exact) mass is 503 g/mol. The second kappa shape index (κ2) is 10.7. The molecule has 194 valence electrons. The number of fused-ring (bicyclic) bond motifs is 1. The van der Waals surface area contributed by atoms with Crippen LogP contribution in [0.1, 0.15) is 28.6 Å². The highest BCUT2D eigenvalue weighted by atomic mass is 16.5. The molecule has 1 fully saturated rings. The van der Waals surface area contributed by atoms with Crippen LogP contribution in [-0.4, -0.2) is 77.1 Å². The summed E-state index contributed by atoms with van der Waals surface area (Å²) in [6.45, 7) is 8.43. The largest absolute Gasteiger partial charge is 0.497 e. The number of anilines is 1. The van der Waals surface area contributed by atoms with Crippen molar-refractivity contribution in [3.8, 4) is 5.75 Å². The van der Waals surface area contributed by atoms with Crippen molar-refractivity contribution in [2.75, 3.05) is 51.9 Å². The Labute approximate surface area is 215 Å². The number of benzene rings is 2. The predicted molar refractivity (Wildman–Crippen MR) is 142 cm³/mol. The summed E-state index contributed by atoms with van der Waals surface area (Å²) in [5, 5.41) is 13.5. The quantitative estimate of drug-likeness (QED) is 0.392. The average molecular weight is 504 g/mol. The van der Waals surface area contributed by atoms with Crippen LogP contribution >= 0.6 is 0 Å². The van der Waals surface area contributed by atoms with Crippen molar-refractivity contribution >= 4 is 16.6 Å². The molecule has 0 unspecified atom stereocenters. The zero-order valence-electron chi connectivity index (χ0n) is 21.8. The molecule has 1 N–H and O–H groups in total. The van der Waals surface area contributed by atoms with Crippen LogP contribution in [-0.2, 0) is 11.3 Å². The van der Waals surface area contributed by atoms with E-state index in [4.69, 9.17) is 9.47 Å². The number of ether oxygens (including phenoxy) is 2. The van der Waals surface area contributed by atoms with Gasteiger partial charge < -0.3 is 19.4 Å². The number of methoxy groups -OCH3 is 2. The van der Waals surface area contributed by atoms with Crippen LogP contribution in [0.15, 0.2) is 47.3 Å². The molecule has 0 spiro atoms. The Kier molecular flexibility index (Phi) is 7.20. The summed E-state index contributed by atoms with van der Waals surface area (Å²) in [7, 11) is 3.26. The third-order valence-electron chi connectivity index (χ3n) is 7.07. The Hall–Kier alpha value is -3.76. The van der Waals surface area contributed by atoms with E-state index in [0.29, 0.717) is 30.3 Å². The van der Waals surface area contributed by atoms with Crippen LogP contribution in [0.25, 0.3) is 10.9 Å². The van der Waals surface area contributed by atoms with Gasteiger partial charge in [0.2, 0.25) is 0 Å². The molecule has 3 heterocycles. The first-order chi connectivity index (χ1) is 18.0. The van der Waals surface area contributed by atoms with Crippen molar-refractivity contribution < 1.29 is 9.47 Å². The number of aryl methyl sites for hydroxylation is 2. The molecule has 2 aromatic carbocycles. The molecule has 1 aliphatic rings. The van der Waals surface area contributed by atoms with Crippen LogP contribution in [0.2, 0.25) is 0 Å². The molecular formula is C27H33N7O3. The molecule has 1 aliphatic heterocycles. The minimum atomic E-state index is -0.400. The van der Waals surface area contributed by atoms with Gasteiger partial charge in [-0.25, -0.2) is 4.68 Å². The standard InChI is InChI=1S/C27H33N7O3/c1-18-5-6-19(2)24(15-18)32-9-11-33(12-10-32)25(26-29-30-31-34(26)13-14-36-3)22-16-20-7-8-21(37-4)17-23(20)28-27(22)35/h5-8,15-17,25H,9-14H2,1-4H3,(H,28,35)/t25-/m0/s1. The summed E-state index contributed by atoms with van der Waals surface area (Å²) < 4.78 is 12.3. The molecule has 4 aromatic rings. The minimum absolute atomic E-state index is 0.163.